The minimum Gasteiger partial charge on any atom is -0.393 e. The highest BCUT2D eigenvalue weighted by Gasteiger charge is 2.28. The second-order valence-electron chi connectivity index (χ2n) is 3.44. The molecule has 0 aliphatic carbocycles. The molecule has 0 saturated carbocycles. The van der Waals surface area contributed by atoms with Crippen LogP contribution in [0.4, 0.5) is 0 Å². The van der Waals surface area contributed by atoms with E-state index in [1.165, 1.54) is 12.3 Å². The van der Waals surface area contributed by atoms with Crippen LogP contribution in [0.15, 0.2) is 23.1 Å². The average Bonchev–Trinajstić information content (AvgIpc) is 2.17. The van der Waals surface area contributed by atoms with E-state index in [0.29, 0.717) is 0 Å². The molecule has 0 radical (unpaired) electrons. The third kappa shape index (κ3) is 2.12. The van der Waals surface area contributed by atoms with E-state index in [4.69, 9.17) is 0 Å². The van der Waals surface area contributed by atoms with Crippen LogP contribution >= 0.6 is 0 Å². The molecule has 1 aromatic rings. The number of aromatic nitrogens is 1. The van der Waals surface area contributed by atoms with Crippen LogP contribution in [0.5, 0.6) is 0 Å². The average molecular weight is 207 g/mol. The number of hydrogen-bond acceptors (Lipinski definition) is 4. The number of carbonyl (C=O) groups is 2. The second kappa shape index (κ2) is 3.68. The molecule has 78 valence electrons. The molecule has 5 heteroatoms. The lowest BCUT2D eigenvalue weighted by Gasteiger charge is -2.19. The van der Waals surface area contributed by atoms with E-state index in [0.717, 1.165) is 5.56 Å². The van der Waals surface area contributed by atoms with Crippen LogP contribution in [0.25, 0.3) is 0 Å². The minimum atomic E-state index is -0.512. The Morgan fingerprint density at radius 1 is 1.13 bits per heavy atom. The number of carbonyl (C=O) groups excluding carboxylic acids is 2. The number of aromatic amines is 1. The van der Waals surface area contributed by atoms with Gasteiger partial charge < -0.3 is 9.72 Å². The van der Waals surface area contributed by atoms with Gasteiger partial charge in [0.1, 0.15) is 0 Å². The summed E-state index contributed by atoms with van der Waals surface area (Å²) >= 11 is 0. The summed E-state index contributed by atoms with van der Waals surface area (Å²) in [6.45, 7) is 0. The molecule has 1 aliphatic heterocycles. The van der Waals surface area contributed by atoms with Crippen LogP contribution in [0, 0.1) is 0 Å². The zero-order valence-corrected chi connectivity index (χ0v) is 7.86. The van der Waals surface area contributed by atoms with Crippen molar-refractivity contribution in [3.63, 3.8) is 0 Å². The van der Waals surface area contributed by atoms with E-state index in [1.807, 2.05) is 0 Å². The summed E-state index contributed by atoms with van der Waals surface area (Å²) in [7, 11) is 0. The summed E-state index contributed by atoms with van der Waals surface area (Å²) in [5.74, 6) is -1.21. The van der Waals surface area contributed by atoms with Crippen molar-refractivity contribution in [3.8, 4) is 0 Å². The zero-order chi connectivity index (χ0) is 10.8. The molecule has 1 saturated heterocycles. The number of cyclic esters (lactones) is 2. The smallest absolute Gasteiger partial charge is 0.314 e. The van der Waals surface area contributed by atoms with Crippen molar-refractivity contribution in [2.75, 3.05) is 0 Å². The first-order chi connectivity index (χ1) is 7.15. The molecule has 1 aromatic heterocycles. The summed E-state index contributed by atoms with van der Waals surface area (Å²) in [5, 5.41) is 0. The van der Waals surface area contributed by atoms with Crippen LogP contribution in [0.2, 0.25) is 0 Å². The Kier molecular flexibility index (Phi) is 2.37. The Bertz CT molecular complexity index is 426. The summed E-state index contributed by atoms with van der Waals surface area (Å²) in [4.78, 5) is 35.3. The number of pyridine rings is 1. The van der Waals surface area contributed by atoms with Gasteiger partial charge in [0.2, 0.25) is 5.56 Å². The largest absolute Gasteiger partial charge is 0.393 e. The Morgan fingerprint density at radius 2 is 1.80 bits per heavy atom. The van der Waals surface area contributed by atoms with Crippen LogP contribution < -0.4 is 5.56 Å². The van der Waals surface area contributed by atoms with E-state index >= 15 is 0 Å². The molecule has 1 N–H and O–H groups in total. The van der Waals surface area contributed by atoms with Gasteiger partial charge in [0.05, 0.1) is 12.8 Å². The SMILES string of the molecule is O=C1CC(c2ccc(=O)[nH]c2)CC(=O)O1. The lowest BCUT2D eigenvalue weighted by molar-refractivity contribution is -0.163. The Hall–Kier alpha value is -1.91. The van der Waals surface area contributed by atoms with E-state index in [1.54, 1.807) is 6.07 Å². The van der Waals surface area contributed by atoms with Crippen molar-refractivity contribution in [2.24, 2.45) is 0 Å². The van der Waals surface area contributed by atoms with Crippen LogP contribution in [-0.2, 0) is 14.3 Å². The first-order valence-electron chi connectivity index (χ1n) is 4.57. The summed E-state index contributed by atoms with van der Waals surface area (Å²) in [6.07, 6.45) is 1.88. The maximum Gasteiger partial charge on any atom is 0.314 e. The normalized spacial score (nSPS) is 17.6. The maximum absolute atomic E-state index is 11.0. The number of nitrogens with one attached hydrogen (secondary N) is 1. The lowest BCUT2D eigenvalue weighted by atomic mass is 9.92. The molecule has 0 aromatic carbocycles. The van der Waals surface area contributed by atoms with Gasteiger partial charge in [-0.2, -0.15) is 0 Å². The minimum absolute atomic E-state index is 0.178. The second-order valence-corrected chi connectivity index (χ2v) is 3.44. The lowest BCUT2D eigenvalue weighted by Crippen LogP contribution is -2.24. The van der Waals surface area contributed by atoms with Gasteiger partial charge in [-0.25, -0.2) is 0 Å². The first-order valence-corrected chi connectivity index (χ1v) is 4.57. The Morgan fingerprint density at radius 3 is 2.33 bits per heavy atom. The van der Waals surface area contributed by atoms with Gasteiger partial charge in [-0.05, 0) is 5.56 Å². The molecular weight excluding hydrogens is 198 g/mol. The van der Waals surface area contributed by atoms with E-state index in [-0.39, 0.29) is 24.3 Å². The molecule has 5 nitrogen and oxygen atoms in total. The molecule has 2 rings (SSSR count). The number of H-pyrrole nitrogens is 1. The standard InChI is InChI=1S/C10H9NO4/c12-8-2-1-6(5-11-8)7-3-9(13)15-10(14)4-7/h1-2,5,7H,3-4H2,(H,11,12). The van der Waals surface area contributed by atoms with Crippen LogP contribution in [-0.4, -0.2) is 16.9 Å². The zero-order valence-electron chi connectivity index (χ0n) is 7.86. The molecule has 1 aliphatic rings. The highest BCUT2D eigenvalue weighted by Crippen LogP contribution is 2.26. The van der Waals surface area contributed by atoms with Crippen molar-refractivity contribution in [3.05, 3.63) is 34.2 Å². The van der Waals surface area contributed by atoms with E-state index in [9.17, 15) is 14.4 Å². The van der Waals surface area contributed by atoms with E-state index < -0.39 is 11.9 Å². The fraction of sp³-hybridized carbons (Fsp3) is 0.300. The highest BCUT2D eigenvalue weighted by molar-refractivity contribution is 5.89. The van der Waals surface area contributed by atoms with Crippen molar-refractivity contribution in [1.82, 2.24) is 4.98 Å². The fourth-order valence-electron chi connectivity index (χ4n) is 1.60. The molecule has 0 amide bonds. The van der Waals surface area contributed by atoms with Crippen molar-refractivity contribution in [1.29, 1.82) is 0 Å². The first kappa shape index (κ1) is 9.64. The van der Waals surface area contributed by atoms with Gasteiger partial charge in [0.25, 0.3) is 0 Å². The summed E-state index contributed by atoms with van der Waals surface area (Å²) in [5.41, 5.74) is 0.572. The van der Waals surface area contributed by atoms with Crippen LogP contribution in [0.1, 0.15) is 24.3 Å². The summed E-state index contributed by atoms with van der Waals surface area (Å²) in [6, 6.07) is 3.00. The van der Waals surface area contributed by atoms with Gasteiger partial charge in [0, 0.05) is 18.2 Å². The Labute approximate surface area is 85.1 Å². The predicted molar refractivity (Wildman–Crippen MR) is 50.1 cm³/mol. The maximum atomic E-state index is 11.0. The molecule has 2 heterocycles. The van der Waals surface area contributed by atoms with Gasteiger partial charge in [-0.3, -0.25) is 14.4 Å². The number of rotatable bonds is 1. The molecule has 0 spiro atoms. The van der Waals surface area contributed by atoms with Gasteiger partial charge in [0.15, 0.2) is 0 Å². The van der Waals surface area contributed by atoms with Crippen molar-refractivity contribution < 1.29 is 14.3 Å². The molecule has 1 fully saturated rings. The fourth-order valence-corrected chi connectivity index (χ4v) is 1.60. The van der Waals surface area contributed by atoms with E-state index in [2.05, 4.69) is 9.72 Å². The molecule has 0 unspecified atom stereocenters. The predicted octanol–water partition coefficient (Wildman–Crippen LogP) is 0.322. The highest BCUT2D eigenvalue weighted by atomic mass is 16.6. The molecular formula is C10H9NO4. The van der Waals surface area contributed by atoms with Crippen molar-refractivity contribution >= 4 is 11.9 Å². The molecule has 0 atom stereocenters. The van der Waals surface area contributed by atoms with Gasteiger partial charge in [-0.15, -0.1) is 0 Å². The summed E-state index contributed by atoms with van der Waals surface area (Å²) < 4.78 is 4.41. The van der Waals surface area contributed by atoms with Crippen molar-refractivity contribution in [2.45, 2.75) is 18.8 Å². The number of esters is 2. The molecule has 15 heavy (non-hydrogen) atoms. The third-order valence-corrected chi connectivity index (χ3v) is 2.33. The Balaban J connectivity index is 2.23. The third-order valence-electron chi connectivity index (χ3n) is 2.33. The molecule has 0 bridgehead atoms. The quantitative estimate of drug-likeness (QED) is 0.531. The van der Waals surface area contributed by atoms with Crippen LogP contribution in [0.3, 0.4) is 0 Å². The monoisotopic (exact) mass is 207 g/mol. The topological polar surface area (TPSA) is 76.2 Å². The van der Waals surface area contributed by atoms with Gasteiger partial charge in [-0.1, -0.05) is 6.07 Å². The number of ether oxygens (including phenoxy) is 1. The van der Waals surface area contributed by atoms with Gasteiger partial charge >= 0.3 is 11.9 Å². The number of hydrogen-bond donors (Lipinski definition) is 1.